The molecule has 1 aliphatic carbocycles. The summed E-state index contributed by atoms with van der Waals surface area (Å²) in [6.07, 6.45) is 3.36. The maximum absolute atomic E-state index is 12.7. The molecule has 38 heavy (non-hydrogen) atoms. The standard InChI is InChI=1S/C28H31O7P.2Na/c1-15(2)21-13-23(17(5)11-25(21)29)27(19-9-7-8-10-20(19)28(30)31)24-14-22(16(3)4)26(12-18(24)6)35-36(32,33)34;;/h7-16H,1-6H3,(H,30,31)(H2,32,33,34);;/q;2*+1/p-2/b27-23+;;. The third kappa shape index (κ3) is 7.91. The van der Waals surface area contributed by atoms with Crippen LogP contribution in [0.15, 0.2) is 65.3 Å². The number of rotatable bonds is 7. The minimum Gasteiger partial charge on any atom is -0.780 e. The van der Waals surface area contributed by atoms with Crippen molar-refractivity contribution in [2.45, 2.75) is 47.5 Å². The van der Waals surface area contributed by atoms with E-state index in [1.165, 1.54) is 12.1 Å². The van der Waals surface area contributed by atoms with Crippen LogP contribution in [0.3, 0.4) is 0 Å². The van der Waals surface area contributed by atoms with Gasteiger partial charge in [-0.25, -0.2) is 4.79 Å². The van der Waals surface area contributed by atoms with Crippen LogP contribution < -0.4 is 73.4 Å². The fourth-order valence-corrected chi connectivity index (χ4v) is 4.76. The molecule has 2 aromatic carbocycles. The van der Waals surface area contributed by atoms with Crippen LogP contribution in [-0.4, -0.2) is 16.9 Å². The van der Waals surface area contributed by atoms with E-state index in [2.05, 4.69) is 0 Å². The minimum absolute atomic E-state index is 0. The molecule has 1 aliphatic rings. The van der Waals surface area contributed by atoms with Gasteiger partial charge in [-0.3, -0.25) is 4.79 Å². The molecule has 3 rings (SSSR count). The average molecular weight is 554 g/mol. The van der Waals surface area contributed by atoms with Crippen molar-refractivity contribution in [1.82, 2.24) is 0 Å². The van der Waals surface area contributed by atoms with Crippen molar-refractivity contribution in [3.63, 3.8) is 0 Å². The molecule has 1 N–H and O–H groups in total. The first kappa shape index (κ1) is 34.8. The molecule has 0 aromatic heterocycles. The Labute approximate surface area is 267 Å². The van der Waals surface area contributed by atoms with Gasteiger partial charge in [-0.15, -0.1) is 0 Å². The summed E-state index contributed by atoms with van der Waals surface area (Å²) in [5, 5.41) is 9.96. The summed E-state index contributed by atoms with van der Waals surface area (Å²) in [5.74, 6) is -1.52. The van der Waals surface area contributed by atoms with Gasteiger partial charge in [0.05, 0.1) is 5.56 Å². The van der Waals surface area contributed by atoms with Gasteiger partial charge in [-0.1, -0.05) is 45.9 Å². The van der Waals surface area contributed by atoms with E-state index in [9.17, 15) is 29.0 Å². The molecule has 0 fully saturated rings. The Balaban J connectivity index is 0.00000361. The van der Waals surface area contributed by atoms with Crippen LogP contribution in [0.4, 0.5) is 0 Å². The maximum atomic E-state index is 12.7. The Morgan fingerprint density at radius 3 is 2.00 bits per heavy atom. The largest absolute Gasteiger partial charge is 1.00 e. The van der Waals surface area contributed by atoms with E-state index >= 15 is 0 Å². The van der Waals surface area contributed by atoms with Gasteiger partial charge in [0.25, 0.3) is 0 Å². The number of carbonyl (C=O) groups excluding carboxylic acids is 1. The zero-order valence-corrected chi connectivity index (χ0v) is 28.0. The molecular weight excluding hydrogens is 525 g/mol. The van der Waals surface area contributed by atoms with Crippen molar-refractivity contribution in [1.29, 1.82) is 0 Å². The van der Waals surface area contributed by atoms with Crippen molar-refractivity contribution in [2.24, 2.45) is 5.92 Å². The molecule has 0 heterocycles. The number of phosphoric acid groups is 1. The molecule has 10 heteroatoms. The van der Waals surface area contributed by atoms with Crippen LogP contribution >= 0.6 is 7.82 Å². The first-order chi connectivity index (χ1) is 16.7. The Kier molecular flexibility index (Phi) is 12.7. The Morgan fingerprint density at radius 2 is 1.50 bits per heavy atom. The van der Waals surface area contributed by atoms with Crippen molar-refractivity contribution < 1.29 is 92.7 Å². The number of carbonyl (C=O) groups is 2. The number of aryl methyl sites for hydroxylation is 1. The van der Waals surface area contributed by atoms with E-state index in [1.54, 1.807) is 50.3 Å². The molecule has 0 saturated carbocycles. The number of hydrogen-bond donors (Lipinski definition) is 1. The van der Waals surface area contributed by atoms with E-state index in [0.717, 1.165) is 0 Å². The summed E-state index contributed by atoms with van der Waals surface area (Å²) in [6, 6.07) is 9.82. The first-order valence-electron chi connectivity index (χ1n) is 11.6. The van der Waals surface area contributed by atoms with Gasteiger partial charge in [-0.05, 0) is 95.0 Å². The number of allylic oxidation sites excluding steroid dienone is 5. The van der Waals surface area contributed by atoms with E-state index in [0.29, 0.717) is 44.5 Å². The smallest absolute Gasteiger partial charge is 0.780 e. The topological polar surface area (TPSA) is 127 Å². The Hall–Kier alpha value is -1.25. The SMILES string of the molecule is CC1=CC(=O)C(C(C)C)=C/C1=C(\c1cc(C(C)C)c(OP(=O)([O-])[O-])cc1C)c1ccccc1C(=O)O.[Na+].[Na+]. The fraction of sp³-hybridized carbons (Fsp3) is 0.286. The van der Waals surface area contributed by atoms with Crippen molar-refractivity contribution in [2.75, 3.05) is 0 Å². The third-order valence-electron chi connectivity index (χ3n) is 6.13. The second kappa shape index (κ2) is 13.9. The van der Waals surface area contributed by atoms with Crippen molar-refractivity contribution in [3.05, 3.63) is 93.1 Å². The van der Waals surface area contributed by atoms with Gasteiger partial charge in [0.2, 0.25) is 0 Å². The summed E-state index contributed by atoms with van der Waals surface area (Å²) in [6.45, 7) is 11.0. The molecule has 190 valence electrons. The monoisotopic (exact) mass is 554 g/mol. The second-order valence-electron chi connectivity index (χ2n) is 9.48. The van der Waals surface area contributed by atoms with Gasteiger partial charge in [-0.2, -0.15) is 0 Å². The summed E-state index contributed by atoms with van der Waals surface area (Å²) in [7, 11) is -5.30. The summed E-state index contributed by atoms with van der Waals surface area (Å²) >= 11 is 0. The maximum Gasteiger partial charge on any atom is 1.00 e. The fourth-order valence-electron chi connectivity index (χ4n) is 4.36. The number of phosphoric ester groups is 1. The quantitative estimate of drug-likeness (QED) is 0.342. The zero-order valence-electron chi connectivity index (χ0n) is 23.1. The number of aromatic carboxylic acids is 1. The van der Waals surface area contributed by atoms with Crippen molar-refractivity contribution >= 4 is 25.1 Å². The van der Waals surface area contributed by atoms with Gasteiger partial charge in [0.1, 0.15) is 13.6 Å². The Morgan fingerprint density at radius 1 is 0.921 bits per heavy atom. The van der Waals surface area contributed by atoms with Gasteiger partial charge >= 0.3 is 65.1 Å². The number of benzene rings is 2. The summed E-state index contributed by atoms with van der Waals surface area (Å²) in [4.78, 5) is 47.7. The molecule has 0 amide bonds. The number of carboxylic acid groups (broad SMARTS) is 1. The molecular formula is C28H29Na2O7P. The molecule has 0 radical (unpaired) electrons. The molecule has 2 aromatic rings. The van der Waals surface area contributed by atoms with E-state index in [1.807, 2.05) is 27.7 Å². The molecule has 7 nitrogen and oxygen atoms in total. The number of carboxylic acids is 1. The molecule has 0 unspecified atom stereocenters. The van der Waals surface area contributed by atoms with Crippen LogP contribution in [0.5, 0.6) is 5.75 Å². The van der Waals surface area contributed by atoms with Crippen LogP contribution in [0, 0.1) is 12.8 Å². The predicted molar refractivity (Wildman–Crippen MR) is 135 cm³/mol. The van der Waals surface area contributed by atoms with Gasteiger partial charge < -0.3 is 24.0 Å². The van der Waals surface area contributed by atoms with Gasteiger partial charge in [0, 0.05) is 5.57 Å². The van der Waals surface area contributed by atoms with Crippen LogP contribution in [0.25, 0.3) is 5.57 Å². The molecule has 0 saturated heterocycles. The minimum atomic E-state index is -5.30. The number of ketones is 1. The molecule has 0 aliphatic heterocycles. The van der Waals surface area contributed by atoms with Crippen LogP contribution in [0.2, 0.25) is 0 Å². The predicted octanol–water partition coefficient (Wildman–Crippen LogP) is -1.05. The van der Waals surface area contributed by atoms with Crippen LogP contribution in [0.1, 0.15) is 73.1 Å². The number of hydrogen-bond acceptors (Lipinski definition) is 6. The Bertz CT molecular complexity index is 1380. The van der Waals surface area contributed by atoms with Gasteiger partial charge in [0.15, 0.2) is 5.78 Å². The first-order valence-corrected chi connectivity index (χ1v) is 13.1. The normalized spacial score (nSPS) is 14.8. The van der Waals surface area contributed by atoms with E-state index in [-0.39, 0.29) is 88.0 Å². The molecule has 0 bridgehead atoms. The zero-order chi connectivity index (χ0) is 26.9. The third-order valence-corrected chi connectivity index (χ3v) is 6.55. The second-order valence-corrected chi connectivity index (χ2v) is 10.6. The summed E-state index contributed by atoms with van der Waals surface area (Å²) in [5.41, 5.74) is 4.79. The average Bonchev–Trinajstić information content (AvgIpc) is 2.75. The van der Waals surface area contributed by atoms with Crippen molar-refractivity contribution in [3.8, 4) is 5.75 Å². The molecule has 0 spiro atoms. The molecule has 0 atom stereocenters. The summed E-state index contributed by atoms with van der Waals surface area (Å²) < 4.78 is 16.2. The van der Waals surface area contributed by atoms with E-state index in [4.69, 9.17) is 4.52 Å². The van der Waals surface area contributed by atoms with E-state index < -0.39 is 13.8 Å². The van der Waals surface area contributed by atoms with Crippen LogP contribution in [-0.2, 0) is 9.36 Å².